The zero-order valence-electron chi connectivity index (χ0n) is 18.0. The Bertz CT molecular complexity index is 1190. The van der Waals surface area contributed by atoms with Gasteiger partial charge in [0, 0.05) is 18.8 Å². The summed E-state index contributed by atoms with van der Waals surface area (Å²) in [6.07, 6.45) is 2.86. The highest BCUT2D eigenvalue weighted by Gasteiger charge is 2.42. The molecule has 2 aliphatic rings. The summed E-state index contributed by atoms with van der Waals surface area (Å²) in [6, 6.07) is 7.73. The maximum atomic E-state index is 13.7. The number of carbonyl (C=O) groups excluding carboxylic acids is 1. The highest BCUT2D eigenvalue weighted by molar-refractivity contribution is 6.33. The molecule has 2 aromatic heterocycles. The first-order valence-electron chi connectivity index (χ1n) is 11.1. The monoisotopic (exact) mass is 490 g/mol. The van der Waals surface area contributed by atoms with Gasteiger partial charge in [0.1, 0.15) is 5.82 Å². The van der Waals surface area contributed by atoms with E-state index in [0.717, 1.165) is 37.9 Å². The third-order valence-corrected chi connectivity index (χ3v) is 6.83. The molecule has 1 N–H and O–H groups in total. The van der Waals surface area contributed by atoms with E-state index in [9.17, 15) is 18.0 Å². The molecule has 11 heteroatoms. The van der Waals surface area contributed by atoms with Crippen LogP contribution in [0.4, 0.5) is 19.0 Å². The average Bonchev–Trinajstić information content (AvgIpc) is 3.44. The Morgan fingerprint density at radius 2 is 1.91 bits per heavy atom. The van der Waals surface area contributed by atoms with Crippen LogP contribution in [0.3, 0.4) is 0 Å². The van der Waals surface area contributed by atoms with Gasteiger partial charge in [-0.25, -0.2) is 4.98 Å². The molecule has 1 aromatic carbocycles. The summed E-state index contributed by atoms with van der Waals surface area (Å²) in [5, 5.41) is 11.5. The molecule has 2 fully saturated rings. The molecule has 7 nitrogen and oxygen atoms in total. The number of anilines is 1. The summed E-state index contributed by atoms with van der Waals surface area (Å²) in [5.74, 6) is 0.436. The lowest BCUT2D eigenvalue weighted by molar-refractivity contribution is -0.137. The number of pyridine rings is 1. The Labute approximate surface area is 198 Å². The Hall–Kier alpha value is -3.14. The van der Waals surface area contributed by atoms with Gasteiger partial charge in [-0.15, -0.1) is 0 Å². The number of aromatic nitrogens is 4. The largest absolute Gasteiger partial charge is 0.417 e. The molecule has 34 heavy (non-hydrogen) atoms. The van der Waals surface area contributed by atoms with Gasteiger partial charge in [0.2, 0.25) is 0 Å². The number of likely N-dealkylation sites (tertiary alicyclic amines) is 1. The minimum atomic E-state index is -4.52. The molecule has 0 radical (unpaired) electrons. The number of para-hydroxylation sites is 1. The molecule has 5 rings (SSSR count). The van der Waals surface area contributed by atoms with E-state index in [1.807, 2.05) is 11.0 Å². The molecule has 1 amide bonds. The number of amides is 1. The van der Waals surface area contributed by atoms with Crippen molar-refractivity contribution in [2.45, 2.75) is 43.9 Å². The minimum Gasteiger partial charge on any atom is -0.364 e. The molecule has 3 atom stereocenters. The molecule has 1 saturated carbocycles. The van der Waals surface area contributed by atoms with Crippen LogP contribution >= 0.6 is 11.6 Å². The molecular weight excluding hydrogens is 469 g/mol. The van der Waals surface area contributed by atoms with Crippen LogP contribution in [0.25, 0.3) is 5.69 Å². The van der Waals surface area contributed by atoms with Gasteiger partial charge in [0.15, 0.2) is 0 Å². The standard InChI is InChI=1S/C23H22ClF3N6O/c24-17-11-15(23(25,26)27)12-28-21(17)31-18-6-3-4-14-10-20(18)32(13-14)22(34)16-5-1-2-7-19(16)33-29-8-9-30-33/h1-2,5,7-9,11-12,14,18,20H,3-4,6,10,13H2,(H,28,31). The summed E-state index contributed by atoms with van der Waals surface area (Å²) in [5.41, 5.74) is 0.188. The van der Waals surface area contributed by atoms with Crippen molar-refractivity contribution in [1.82, 2.24) is 24.9 Å². The van der Waals surface area contributed by atoms with E-state index in [1.54, 1.807) is 30.6 Å². The predicted octanol–water partition coefficient (Wildman–Crippen LogP) is 4.83. The van der Waals surface area contributed by atoms with Gasteiger partial charge in [0.25, 0.3) is 5.91 Å². The number of fused-ring (bicyclic) bond motifs is 2. The molecule has 0 spiro atoms. The zero-order chi connectivity index (χ0) is 23.9. The highest BCUT2D eigenvalue weighted by atomic mass is 35.5. The fourth-order valence-electron chi connectivity index (χ4n) is 4.97. The maximum absolute atomic E-state index is 13.7. The van der Waals surface area contributed by atoms with Crippen LogP contribution in [0.15, 0.2) is 48.9 Å². The second-order valence-electron chi connectivity index (χ2n) is 8.70. The van der Waals surface area contributed by atoms with E-state index in [2.05, 4.69) is 20.5 Å². The lowest BCUT2D eigenvalue weighted by Crippen LogP contribution is -2.46. The lowest BCUT2D eigenvalue weighted by Gasteiger charge is -2.33. The van der Waals surface area contributed by atoms with Crippen LogP contribution in [0.2, 0.25) is 5.02 Å². The molecule has 1 saturated heterocycles. The summed E-state index contributed by atoms with van der Waals surface area (Å²) in [7, 11) is 0. The number of benzene rings is 1. The Morgan fingerprint density at radius 3 is 2.65 bits per heavy atom. The predicted molar refractivity (Wildman–Crippen MR) is 120 cm³/mol. The van der Waals surface area contributed by atoms with Gasteiger partial charge in [-0.3, -0.25) is 4.79 Å². The van der Waals surface area contributed by atoms with Crippen LogP contribution in [-0.2, 0) is 6.18 Å². The number of alkyl halides is 3. The van der Waals surface area contributed by atoms with Crippen molar-refractivity contribution in [3.63, 3.8) is 0 Å². The summed E-state index contributed by atoms with van der Waals surface area (Å²) in [6.45, 7) is 0.622. The topological polar surface area (TPSA) is 75.9 Å². The number of hydrogen-bond donors (Lipinski definition) is 1. The fraction of sp³-hybridized carbons (Fsp3) is 0.391. The Balaban J connectivity index is 1.42. The van der Waals surface area contributed by atoms with E-state index in [1.165, 1.54) is 4.80 Å². The Morgan fingerprint density at radius 1 is 1.15 bits per heavy atom. The van der Waals surface area contributed by atoms with Crippen molar-refractivity contribution >= 4 is 23.3 Å². The molecule has 3 heterocycles. The number of nitrogens with zero attached hydrogens (tertiary/aromatic N) is 5. The fourth-order valence-corrected chi connectivity index (χ4v) is 5.19. The van der Waals surface area contributed by atoms with Crippen molar-refractivity contribution < 1.29 is 18.0 Å². The van der Waals surface area contributed by atoms with Crippen LogP contribution in [0, 0.1) is 5.92 Å². The van der Waals surface area contributed by atoms with Gasteiger partial charge in [-0.1, -0.05) is 30.2 Å². The number of carbonyl (C=O) groups is 1. The number of halogens is 4. The second-order valence-corrected chi connectivity index (χ2v) is 9.10. The van der Waals surface area contributed by atoms with Gasteiger partial charge in [-0.05, 0) is 43.4 Å². The van der Waals surface area contributed by atoms with E-state index >= 15 is 0 Å². The second kappa shape index (κ2) is 8.90. The first-order valence-corrected chi connectivity index (χ1v) is 11.4. The van der Waals surface area contributed by atoms with Crippen LogP contribution in [-0.4, -0.2) is 49.4 Å². The maximum Gasteiger partial charge on any atom is 0.417 e. The van der Waals surface area contributed by atoms with Crippen molar-refractivity contribution in [3.8, 4) is 5.69 Å². The lowest BCUT2D eigenvalue weighted by atomic mass is 10.0. The smallest absolute Gasteiger partial charge is 0.364 e. The van der Waals surface area contributed by atoms with E-state index < -0.39 is 11.7 Å². The van der Waals surface area contributed by atoms with Crippen LogP contribution < -0.4 is 5.32 Å². The summed E-state index contributed by atoms with van der Waals surface area (Å²) < 4.78 is 39.0. The quantitative estimate of drug-likeness (QED) is 0.567. The van der Waals surface area contributed by atoms with Gasteiger partial charge in [0.05, 0.1) is 40.3 Å². The van der Waals surface area contributed by atoms with E-state index in [0.29, 0.717) is 23.7 Å². The normalized spacial score (nSPS) is 22.5. The number of rotatable bonds is 4. The SMILES string of the molecule is O=C(c1ccccc1-n1nccn1)N1CC2CCCC(Nc3ncc(C(F)(F)F)cc3Cl)C1C2. The molecule has 3 unspecified atom stereocenters. The first-order chi connectivity index (χ1) is 16.3. The number of hydrogen-bond acceptors (Lipinski definition) is 5. The molecule has 2 bridgehead atoms. The number of nitrogens with one attached hydrogen (secondary N) is 1. The van der Waals surface area contributed by atoms with Crippen molar-refractivity contribution in [2.24, 2.45) is 5.92 Å². The average molecular weight is 491 g/mol. The zero-order valence-corrected chi connectivity index (χ0v) is 18.8. The molecule has 1 aliphatic carbocycles. The third-order valence-electron chi connectivity index (χ3n) is 6.54. The van der Waals surface area contributed by atoms with Gasteiger partial charge >= 0.3 is 6.18 Å². The van der Waals surface area contributed by atoms with E-state index in [4.69, 9.17) is 11.6 Å². The molecule has 178 valence electrons. The summed E-state index contributed by atoms with van der Waals surface area (Å²) >= 11 is 6.15. The molecule has 1 aliphatic heterocycles. The van der Waals surface area contributed by atoms with Gasteiger partial charge < -0.3 is 10.2 Å². The molecular formula is C23H22ClF3N6O. The van der Waals surface area contributed by atoms with Crippen LogP contribution in [0.5, 0.6) is 0 Å². The minimum absolute atomic E-state index is 0.0957. The van der Waals surface area contributed by atoms with E-state index in [-0.39, 0.29) is 28.8 Å². The Kier molecular flexibility index (Phi) is 5.93. The third kappa shape index (κ3) is 4.34. The van der Waals surface area contributed by atoms with Crippen molar-refractivity contribution in [3.05, 3.63) is 65.1 Å². The van der Waals surface area contributed by atoms with Crippen molar-refractivity contribution in [1.29, 1.82) is 0 Å². The van der Waals surface area contributed by atoms with Crippen molar-refractivity contribution in [2.75, 3.05) is 11.9 Å². The van der Waals surface area contributed by atoms with Crippen LogP contribution in [0.1, 0.15) is 41.6 Å². The van der Waals surface area contributed by atoms with Gasteiger partial charge in [-0.2, -0.15) is 28.2 Å². The summed E-state index contributed by atoms with van der Waals surface area (Å²) in [4.78, 5) is 20.9. The first kappa shape index (κ1) is 22.6. The molecule has 3 aromatic rings. The highest BCUT2D eigenvalue weighted by Crippen LogP contribution is 2.38.